The van der Waals surface area contributed by atoms with Crippen molar-refractivity contribution in [3.05, 3.63) is 70.5 Å². The monoisotopic (exact) mass is 368 g/mol. The SMILES string of the molecule is Cc1ccc(C(=O)N2CCC[C@H](CNC(=O)c3ccc(F)cc3)C2)cc1C. The Kier molecular flexibility index (Phi) is 5.89. The van der Waals surface area contributed by atoms with Crippen LogP contribution in [0.3, 0.4) is 0 Å². The van der Waals surface area contributed by atoms with Crippen LogP contribution in [0, 0.1) is 25.6 Å². The van der Waals surface area contributed by atoms with Crippen LogP contribution in [-0.4, -0.2) is 36.3 Å². The van der Waals surface area contributed by atoms with Crippen molar-refractivity contribution >= 4 is 11.8 Å². The summed E-state index contributed by atoms with van der Waals surface area (Å²) >= 11 is 0. The summed E-state index contributed by atoms with van der Waals surface area (Å²) in [7, 11) is 0. The van der Waals surface area contributed by atoms with Crippen molar-refractivity contribution in [2.75, 3.05) is 19.6 Å². The van der Waals surface area contributed by atoms with E-state index in [0.29, 0.717) is 24.2 Å². The Labute approximate surface area is 159 Å². The zero-order valence-corrected chi connectivity index (χ0v) is 15.8. The fourth-order valence-corrected chi connectivity index (χ4v) is 3.41. The van der Waals surface area contributed by atoms with Gasteiger partial charge in [0.25, 0.3) is 11.8 Å². The molecule has 0 radical (unpaired) electrons. The highest BCUT2D eigenvalue weighted by atomic mass is 19.1. The van der Waals surface area contributed by atoms with Gasteiger partial charge in [-0.2, -0.15) is 0 Å². The number of nitrogens with zero attached hydrogens (tertiary/aromatic N) is 1. The molecule has 1 heterocycles. The second kappa shape index (κ2) is 8.33. The van der Waals surface area contributed by atoms with Crippen LogP contribution >= 0.6 is 0 Å². The lowest BCUT2D eigenvalue weighted by Crippen LogP contribution is -2.43. The molecule has 1 atom stereocenters. The van der Waals surface area contributed by atoms with Gasteiger partial charge in [0, 0.05) is 30.8 Å². The van der Waals surface area contributed by atoms with E-state index in [9.17, 15) is 14.0 Å². The van der Waals surface area contributed by atoms with Crippen molar-refractivity contribution in [1.29, 1.82) is 0 Å². The van der Waals surface area contributed by atoms with E-state index in [-0.39, 0.29) is 23.5 Å². The Hall–Kier alpha value is -2.69. The van der Waals surface area contributed by atoms with Crippen molar-refractivity contribution in [1.82, 2.24) is 10.2 Å². The third-order valence-corrected chi connectivity index (χ3v) is 5.22. The summed E-state index contributed by atoms with van der Waals surface area (Å²) < 4.78 is 13.0. The van der Waals surface area contributed by atoms with Crippen molar-refractivity contribution in [2.45, 2.75) is 26.7 Å². The predicted molar refractivity (Wildman–Crippen MR) is 103 cm³/mol. The lowest BCUT2D eigenvalue weighted by atomic mass is 9.96. The first-order valence-electron chi connectivity index (χ1n) is 9.34. The molecule has 1 fully saturated rings. The molecule has 1 saturated heterocycles. The van der Waals surface area contributed by atoms with E-state index >= 15 is 0 Å². The molecular weight excluding hydrogens is 343 g/mol. The average molecular weight is 368 g/mol. The summed E-state index contributed by atoms with van der Waals surface area (Å²) in [6.45, 7) is 5.93. The van der Waals surface area contributed by atoms with Gasteiger partial charge in [0.15, 0.2) is 0 Å². The summed E-state index contributed by atoms with van der Waals surface area (Å²) in [6.07, 6.45) is 1.90. The minimum absolute atomic E-state index is 0.0488. The van der Waals surface area contributed by atoms with Gasteiger partial charge in [-0.1, -0.05) is 6.07 Å². The van der Waals surface area contributed by atoms with Crippen molar-refractivity contribution < 1.29 is 14.0 Å². The standard InChI is InChI=1S/C22H25FN2O2/c1-15-5-6-19(12-16(15)2)22(27)25-11-3-4-17(14-25)13-24-21(26)18-7-9-20(23)10-8-18/h5-10,12,17H,3-4,11,13-14H2,1-2H3,(H,24,26)/t17-/m1/s1. The molecule has 4 nitrogen and oxygen atoms in total. The first kappa shape index (κ1) is 19.1. The first-order chi connectivity index (χ1) is 12.9. The van der Waals surface area contributed by atoms with Gasteiger partial charge in [-0.05, 0) is 80.1 Å². The molecule has 1 N–H and O–H groups in total. The van der Waals surface area contributed by atoms with Crippen LogP contribution in [0.15, 0.2) is 42.5 Å². The highest BCUT2D eigenvalue weighted by molar-refractivity contribution is 5.95. The lowest BCUT2D eigenvalue weighted by molar-refractivity contribution is 0.0671. The van der Waals surface area contributed by atoms with Crippen molar-refractivity contribution in [3.63, 3.8) is 0 Å². The maximum Gasteiger partial charge on any atom is 0.253 e. The Morgan fingerprint density at radius 3 is 2.48 bits per heavy atom. The van der Waals surface area contributed by atoms with E-state index in [1.54, 1.807) is 0 Å². The minimum atomic E-state index is -0.362. The van der Waals surface area contributed by atoms with E-state index in [1.165, 1.54) is 29.8 Å². The number of piperidine rings is 1. The van der Waals surface area contributed by atoms with Crippen LogP contribution in [0.5, 0.6) is 0 Å². The molecule has 2 aromatic rings. The molecule has 27 heavy (non-hydrogen) atoms. The van der Waals surface area contributed by atoms with Crippen LogP contribution in [0.2, 0.25) is 0 Å². The van der Waals surface area contributed by atoms with Gasteiger partial charge in [-0.25, -0.2) is 4.39 Å². The van der Waals surface area contributed by atoms with E-state index < -0.39 is 0 Å². The van der Waals surface area contributed by atoms with Crippen molar-refractivity contribution in [3.8, 4) is 0 Å². The highest BCUT2D eigenvalue weighted by Gasteiger charge is 2.25. The number of hydrogen-bond donors (Lipinski definition) is 1. The lowest BCUT2D eigenvalue weighted by Gasteiger charge is -2.33. The highest BCUT2D eigenvalue weighted by Crippen LogP contribution is 2.19. The number of carbonyl (C=O) groups excluding carboxylic acids is 2. The molecule has 0 aliphatic carbocycles. The second-order valence-corrected chi connectivity index (χ2v) is 7.28. The van der Waals surface area contributed by atoms with E-state index in [2.05, 4.69) is 5.32 Å². The second-order valence-electron chi connectivity index (χ2n) is 7.28. The molecule has 5 heteroatoms. The molecule has 2 aromatic carbocycles. The number of aryl methyl sites for hydroxylation is 2. The van der Waals surface area contributed by atoms with E-state index in [0.717, 1.165) is 24.9 Å². The Bertz CT molecular complexity index is 833. The van der Waals surface area contributed by atoms with E-state index in [4.69, 9.17) is 0 Å². The Balaban J connectivity index is 1.57. The maximum atomic E-state index is 13.0. The average Bonchev–Trinajstić information content (AvgIpc) is 2.68. The molecule has 3 rings (SSSR count). The van der Waals surface area contributed by atoms with Crippen LogP contribution < -0.4 is 5.32 Å². The van der Waals surface area contributed by atoms with E-state index in [1.807, 2.05) is 36.9 Å². The number of likely N-dealkylation sites (tertiary alicyclic amines) is 1. The zero-order chi connectivity index (χ0) is 19.4. The molecular formula is C22H25FN2O2. The molecule has 0 spiro atoms. The number of hydrogen-bond acceptors (Lipinski definition) is 2. The molecule has 142 valence electrons. The number of halogens is 1. The van der Waals surface area contributed by atoms with Gasteiger partial charge in [-0.3, -0.25) is 9.59 Å². The third-order valence-electron chi connectivity index (χ3n) is 5.22. The van der Waals surface area contributed by atoms with Gasteiger partial charge in [-0.15, -0.1) is 0 Å². The Morgan fingerprint density at radius 1 is 1.07 bits per heavy atom. The van der Waals surface area contributed by atoms with Gasteiger partial charge in [0.05, 0.1) is 0 Å². The number of rotatable bonds is 4. The third kappa shape index (κ3) is 4.73. The van der Waals surface area contributed by atoms with Gasteiger partial charge >= 0.3 is 0 Å². The predicted octanol–water partition coefficient (Wildman–Crippen LogP) is 3.72. The number of nitrogens with one attached hydrogen (secondary N) is 1. The van der Waals surface area contributed by atoms with Gasteiger partial charge in [0.2, 0.25) is 0 Å². The van der Waals surface area contributed by atoms with Crippen LogP contribution in [-0.2, 0) is 0 Å². The number of carbonyl (C=O) groups is 2. The van der Waals surface area contributed by atoms with Gasteiger partial charge < -0.3 is 10.2 Å². The van der Waals surface area contributed by atoms with Crippen LogP contribution in [0.1, 0.15) is 44.7 Å². The summed E-state index contributed by atoms with van der Waals surface area (Å²) in [4.78, 5) is 26.9. The number of benzene rings is 2. The molecule has 1 aliphatic heterocycles. The molecule has 0 aromatic heterocycles. The molecule has 0 bridgehead atoms. The fraction of sp³-hybridized carbons (Fsp3) is 0.364. The topological polar surface area (TPSA) is 49.4 Å². The van der Waals surface area contributed by atoms with Crippen molar-refractivity contribution in [2.24, 2.45) is 5.92 Å². The quantitative estimate of drug-likeness (QED) is 0.894. The summed E-state index contributed by atoms with van der Waals surface area (Å²) in [5.41, 5.74) is 3.44. The Morgan fingerprint density at radius 2 is 1.78 bits per heavy atom. The van der Waals surface area contributed by atoms with Crippen LogP contribution in [0.25, 0.3) is 0 Å². The molecule has 0 saturated carbocycles. The minimum Gasteiger partial charge on any atom is -0.352 e. The molecule has 2 amide bonds. The normalized spacial score (nSPS) is 16.9. The summed E-state index contributed by atoms with van der Waals surface area (Å²) in [5, 5.41) is 2.90. The fourth-order valence-electron chi connectivity index (χ4n) is 3.41. The van der Waals surface area contributed by atoms with Crippen LogP contribution in [0.4, 0.5) is 4.39 Å². The molecule has 1 aliphatic rings. The summed E-state index contributed by atoms with van der Waals surface area (Å²) in [5.74, 6) is -0.307. The number of amides is 2. The molecule has 0 unspecified atom stereocenters. The maximum absolute atomic E-state index is 13.0. The van der Waals surface area contributed by atoms with Gasteiger partial charge in [0.1, 0.15) is 5.82 Å². The largest absolute Gasteiger partial charge is 0.352 e. The first-order valence-corrected chi connectivity index (χ1v) is 9.34. The smallest absolute Gasteiger partial charge is 0.253 e. The zero-order valence-electron chi connectivity index (χ0n) is 15.8. The summed E-state index contributed by atoms with van der Waals surface area (Å²) in [6, 6.07) is 11.3.